The van der Waals surface area contributed by atoms with E-state index in [1.165, 1.54) is 19.3 Å². The molecule has 0 fully saturated rings. The molecule has 0 aromatic carbocycles. The first-order chi connectivity index (χ1) is 8.76. The van der Waals surface area contributed by atoms with Crippen molar-refractivity contribution in [3.63, 3.8) is 0 Å². The molecule has 0 amide bonds. The van der Waals surface area contributed by atoms with Crippen LogP contribution in [0.5, 0.6) is 0 Å². The summed E-state index contributed by atoms with van der Waals surface area (Å²) >= 11 is 0. The van der Waals surface area contributed by atoms with Crippen LogP contribution in [0.15, 0.2) is 9.52 Å². The maximum Gasteiger partial charge on any atom is 0.228 e. The molecule has 1 rings (SSSR count). The van der Waals surface area contributed by atoms with E-state index in [-0.39, 0.29) is 24.0 Å². The fraction of sp³-hybridized carbons (Fsp3) is 0.750. The number of aromatic nitrogens is 2. The van der Waals surface area contributed by atoms with Crippen LogP contribution in [0.1, 0.15) is 37.9 Å². The van der Waals surface area contributed by atoms with Gasteiger partial charge < -0.3 is 15.2 Å². The topological polar surface area (TPSA) is 75.3 Å². The van der Waals surface area contributed by atoms with Crippen molar-refractivity contribution in [2.75, 3.05) is 20.1 Å². The predicted molar refractivity (Wildman–Crippen MR) is 87.0 cm³/mol. The third kappa shape index (κ3) is 8.02. The molecule has 1 aromatic heterocycles. The molecule has 0 atom stereocenters. The molecule has 0 aliphatic carbocycles. The number of rotatable bonds is 7. The second kappa shape index (κ2) is 11.0. The minimum Gasteiger partial charge on any atom is -0.356 e. The molecule has 1 aromatic rings. The van der Waals surface area contributed by atoms with Gasteiger partial charge in [-0.25, -0.2) is 0 Å². The minimum atomic E-state index is 0. The van der Waals surface area contributed by atoms with Crippen LogP contribution in [-0.2, 0) is 6.42 Å². The lowest BCUT2D eigenvalue weighted by Gasteiger charge is -2.10. The van der Waals surface area contributed by atoms with Crippen LogP contribution in [-0.4, -0.2) is 36.2 Å². The fourth-order valence-corrected chi connectivity index (χ4v) is 1.53. The molecule has 0 aliphatic rings. The molecule has 0 spiro atoms. The van der Waals surface area contributed by atoms with Gasteiger partial charge in [0, 0.05) is 26.6 Å². The van der Waals surface area contributed by atoms with E-state index in [1.807, 2.05) is 6.92 Å². The van der Waals surface area contributed by atoms with Crippen molar-refractivity contribution in [2.24, 2.45) is 4.99 Å². The lowest BCUT2D eigenvalue weighted by Crippen LogP contribution is -2.38. The Hall–Kier alpha value is -0.860. The Bertz CT molecular complexity index is 367. The molecule has 2 N–H and O–H groups in total. The molecule has 1 heterocycles. The summed E-state index contributed by atoms with van der Waals surface area (Å²) in [4.78, 5) is 8.29. The standard InChI is InChI=1S/C12H23N5O.HI/c1-4-5-6-8-14-12(13-3)15-9-7-11-16-10(2)17-18-11;/h4-9H2,1-3H3,(H2,13,14,15);1H. The van der Waals surface area contributed by atoms with Gasteiger partial charge in [-0.05, 0) is 13.3 Å². The molecule has 0 saturated carbocycles. The zero-order chi connectivity index (χ0) is 13.2. The van der Waals surface area contributed by atoms with Crippen molar-refractivity contribution in [3.8, 4) is 0 Å². The maximum atomic E-state index is 5.03. The number of nitrogens with one attached hydrogen (secondary N) is 2. The van der Waals surface area contributed by atoms with Crippen molar-refractivity contribution in [2.45, 2.75) is 39.5 Å². The number of hydrogen-bond acceptors (Lipinski definition) is 4. The molecule has 7 heteroatoms. The zero-order valence-corrected chi connectivity index (χ0v) is 14.2. The van der Waals surface area contributed by atoms with Gasteiger partial charge in [-0.3, -0.25) is 4.99 Å². The van der Waals surface area contributed by atoms with Crippen molar-refractivity contribution in [1.82, 2.24) is 20.8 Å². The van der Waals surface area contributed by atoms with E-state index in [9.17, 15) is 0 Å². The maximum absolute atomic E-state index is 5.03. The lowest BCUT2D eigenvalue weighted by atomic mass is 10.2. The Morgan fingerprint density at radius 1 is 1.26 bits per heavy atom. The number of unbranched alkanes of at least 4 members (excludes halogenated alkanes) is 2. The van der Waals surface area contributed by atoms with E-state index in [2.05, 4.69) is 32.7 Å². The van der Waals surface area contributed by atoms with Gasteiger partial charge in [-0.15, -0.1) is 24.0 Å². The molecule has 19 heavy (non-hydrogen) atoms. The Balaban J connectivity index is 0.00000324. The van der Waals surface area contributed by atoms with Gasteiger partial charge in [0.25, 0.3) is 0 Å². The van der Waals surface area contributed by atoms with E-state index >= 15 is 0 Å². The average Bonchev–Trinajstić information content (AvgIpc) is 2.78. The van der Waals surface area contributed by atoms with Crippen LogP contribution in [0.3, 0.4) is 0 Å². The lowest BCUT2D eigenvalue weighted by molar-refractivity contribution is 0.374. The summed E-state index contributed by atoms with van der Waals surface area (Å²) < 4.78 is 5.03. The summed E-state index contributed by atoms with van der Waals surface area (Å²) in [7, 11) is 1.77. The van der Waals surface area contributed by atoms with Gasteiger partial charge in [-0.2, -0.15) is 4.98 Å². The van der Waals surface area contributed by atoms with E-state index in [4.69, 9.17) is 4.52 Å². The van der Waals surface area contributed by atoms with E-state index in [0.29, 0.717) is 18.1 Å². The van der Waals surface area contributed by atoms with Crippen LogP contribution in [0.25, 0.3) is 0 Å². The van der Waals surface area contributed by atoms with Crippen LogP contribution in [0, 0.1) is 6.92 Å². The minimum absolute atomic E-state index is 0. The molecule has 0 unspecified atom stereocenters. The highest BCUT2D eigenvalue weighted by atomic mass is 127. The third-order valence-corrected chi connectivity index (χ3v) is 2.50. The second-order valence-electron chi connectivity index (χ2n) is 4.12. The molecule has 0 radical (unpaired) electrons. The highest BCUT2D eigenvalue weighted by Crippen LogP contribution is 1.95. The van der Waals surface area contributed by atoms with Gasteiger partial charge >= 0.3 is 0 Å². The largest absolute Gasteiger partial charge is 0.356 e. The fourth-order valence-electron chi connectivity index (χ4n) is 1.53. The molecule has 0 aliphatic heterocycles. The summed E-state index contributed by atoms with van der Waals surface area (Å²) in [6.45, 7) is 5.69. The van der Waals surface area contributed by atoms with Gasteiger partial charge in [0.1, 0.15) is 0 Å². The Morgan fingerprint density at radius 2 is 2.00 bits per heavy atom. The smallest absolute Gasteiger partial charge is 0.228 e. The Kier molecular flexibility index (Phi) is 10.5. The molecule has 6 nitrogen and oxygen atoms in total. The second-order valence-corrected chi connectivity index (χ2v) is 4.12. The van der Waals surface area contributed by atoms with Crippen molar-refractivity contribution >= 4 is 29.9 Å². The summed E-state index contributed by atoms with van der Waals surface area (Å²) in [6, 6.07) is 0. The first-order valence-electron chi connectivity index (χ1n) is 6.50. The number of aryl methyl sites for hydroxylation is 1. The highest BCUT2D eigenvalue weighted by molar-refractivity contribution is 14.0. The van der Waals surface area contributed by atoms with E-state index in [0.717, 1.165) is 19.0 Å². The normalized spacial score (nSPS) is 11.0. The molecule has 0 bridgehead atoms. The van der Waals surface area contributed by atoms with Crippen LogP contribution < -0.4 is 10.6 Å². The summed E-state index contributed by atoms with van der Waals surface area (Å²) in [5.41, 5.74) is 0. The molecule has 0 saturated heterocycles. The number of aliphatic imine (C=N–C) groups is 1. The summed E-state index contributed by atoms with van der Waals surface area (Å²) in [6.07, 6.45) is 4.34. The van der Waals surface area contributed by atoms with Crippen LogP contribution >= 0.6 is 24.0 Å². The molecule has 110 valence electrons. The van der Waals surface area contributed by atoms with E-state index in [1.54, 1.807) is 7.05 Å². The SMILES string of the molecule is CCCCCNC(=NC)NCCc1nc(C)no1.I. The highest BCUT2D eigenvalue weighted by Gasteiger charge is 2.02. The van der Waals surface area contributed by atoms with Crippen LogP contribution in [0.4, 0.5) is 0 Å². The van der Waals surface area contributed by atoms with Gasteiger partial charge in [0.05, 0.1) is 0 Å². The van der Waals surface area contributed by atoms with E-state index < -0.39 is 0 Å². The first kappa shape index (κ1) is 18.1. The Morgan fingerprint density at radius 3 is 2.58 bits per heavy atom. The number of halogens is 1. The number of hydrogen-bond donors (Lipinski definition) is 2. The van der Waals surface area contributed by atoms with Crippen molar-refractivity contribution in [3.05, 3.63) is 11.7 Å². The van der Waals surface area contributed by atoms with Gasteiger partial charge in [0.15, 0.2) is 11.8 Å². The quantitative estimate of drug-likeness (QED) is 0.327. The zero-order valence-electron chi connectivity index (χ0n) is 11.9. The monoisotopic (exact) mass is 381 g/mol. The van der Waals surface area contributed by atoms with Gasteiger partial charge in [0.2, 0.25) is 5.89 Å². The van der Waals surface area contributed by atoms with Crippen LogP contribution in [0.2, 0.25) is 0 Å². The molecular formula is C12H24IN5O. The van der Waals surface area contributed by atoms with Gasteiger partial charge in [-0.1, -0.05) is 24.9 Å². The molecular weight excluding hydrogens is 357 g/mol. The first-order valence-corrected chi connectivity index (χ1v) is 6.50. The van der Waals surface area contributed by atoms with Crippen molar-refractivity contribution < 1.29 is 4.52 Å². The predicted octanol–water partition coefficient (Wildman–Crippen LogP) is 1.89. The third-order valence-electron chi connectivity index (χ3n) is 2.50. The summed E-state index contributed by atoms with van der Waals surface area (Å²) in [5, 5.41) is 10.2. The summed E-state index contributed by atoms with van der Waals surface area (Å²) in [5.74, 6) is 2.15. The van der Waals surface area contributed by atoms with Crippen molar-refractivity contribution in [1.29, 1.82) is 0 Å². The Labute approximate surface area is 131 Å². The average molecular weight is 381 g/mol. The number of guanidine groups is 1. The number of nitrogens with zero attached hydrogens (tertiary/aromatic N) is 3.